The molecule has 0 saturated heterocycles. The summed E-state index contributed by atoms with van der Waals surface area (Å²) >= 11 is 19.3. The second kappa shape index (κ2) is 9.29. The number of carbonyl (C=O) groups is 1. The number of amides is 1. The fourth-order valence-electron chi connectivity index (χ4n) is 2.13. The van der Waals surface area contributed by atoms with Crippen molar-refractivity contribution in [2.75, 3.05) is 0 Å². The molecule has 3 aromatic carbocycles. The van der Waals surface area contributed by atoms with E-state index in [-0.39, 0.29) is 5.91 Å². The van der Waals surface area contributed by atoms with E-state index in [2.05, 4.69) is 10.5 Å². The first kappa shape index (κ1) is 19.8. The zero-order valence-electron chi connectivity index (χ0n) is 13.8. The third-order valence-corrected chi connectivity index (χ3v) is 5.50. The molecule has 0 aliphatic rings. The Morgan fingerprint density at radius 2 is 1.48 bits per heavy atom. The molecule has 27 heavy (non-hydrogen) atoms. The second-order valence-corrected chi connectivity index (χ2v) is 7.85. The number of nitrogens with one attached hydrogen (secondary N) is 1. The van der Waals surface area contributed by atoms with E-state index in [1.165, 1.54) is 6.07 Å². The standard InChI is InChI=1S/C20H13Cl3N2OS/c21-15-4-8-17(9-5-15)27-16-6-1-13(2-7-16)12-24-25-20(26)14-3-10-18(22)19(23)11-14/h1-12H,(H,25,26)/b24-12-. The fraction of sp³-hybridized carbons (Fsp3) is 0. The topological polar surface area (TPSA) is 41.5 Å². The highest BCUT2D eigenvalue weighted by molar-refractivity contribution is 7.99. The first-order chi connectivity index (χ1) is 13.0. The molecule has 0 bridgehead atoms. The molecule has 0 saturated carbocycles. The lowest BCUT2D eigenvalue weighted by Crippen LogP contribution is -2.17. The molecule has 0 aliphatic heterocycles. The Bertz CT molecular complexity index is 974. The third kappa shape index (κ3) is 5.75. The van der Waals surface area contributed by atoms with E-state index in [1.54, 1.807) is 30.1 Å². The molecule has 0 fully saturated rings. The van der Waals surface area contributed by atoms with Crippen molar-refractivity contribution in [3.63, 3.8) is 0 Å². The van der Waals surface area contributed by atoms with Crippen LogP contribution in [0.15, 0.2) is 81.6 Å². The minimum atomic E-state index is -0.361. The van der Waals surface area contributed by atoms with Gasteiger partial charge >= 0.3 is 0 Å². The molecular weight excluding hydrogens is 423 g/mol. The number of hydrogen-bond donors (Lipinski definition) is 1. The van der Waals surface area contributed by atoms with Crippen molar-refractivity contribution in [2.24, 2.45) is 5.10 Å². The van der Waals surface area contributed by atoms with Gasteiger partial charge in [0.05, 0.1) is 16.3 Å². The molecule has 7 heteroatoms. The number of rotatable bonds is 5. The number of halogens is 3. The zero-order chi connectivity index (χ0) is 19.2. The van der Waals surface area contributed by atoms with Gasteiger partial charge in [0.1, 0.15) is 0 Å². The van der Waals surface area contributed by atoms with E-state index < -0.39 is 0 Å². The molecule has 0 atom stereocenters. The van der Waals surface area contributed by atoms with Crippen molar-refractivity contribution < 1.29 is 4.79 Å². The number of benzene rings is 3. The number of hydrazone groups is 1. The molecule has 3 rings (SSSR count). The highest BCUT2D eigenvalue weighted by Crippen LogP contribution is 2.28. The largest absolute Gasteiger partial charge is 0.271 e. The lowest BCUT2D eigenvalue weighted by molar-refractivity contribution is 0.0955. The molecule has 0 heterocycles. The normalized spacial score (nSPS) is 10.9. The summed E-state index contributed by atoms with van der Waals surface area (Å²) in [7, 11) is 0. The van der Waals surface area contributed by atoms with Gasteiger partial charge in [-0.3, -0.25) is 4.79 Å². The summed E-state index contributed by atoms with van der Waals surface area (Å²) in [4.78, 5) is 14.2. The van der Waals surface area contributed by atoms with Crippen LogP contribution in [0.1, 0.15) is 15.9 Å². The van der Waals surface area contributed by atoms with Crippen molar-refractivity contribution in [1.29, 1.82) is 0 Å². The molecule has 3 aromatic rings. The fourth-order valence-corrected chi connectivity index (χ4v) is 3.37. The minimum Gasteiger partial charge on any atom is -0.267 e. The van der Waals surface area contributed by atoms with E-state index in [1.807, 2.05) is 48.5 Å². The van der Waals surface area contributed by atoms with E-state index in [4.69, 9.17) is 34.8 Å². The van der Waals surface area contributed by atoms with Crippen LogP contribution in [0.25, 0.3) is 0 Å². The molecule has 3 nitrogen and oxygen atoms in total. The van der Waals surface area contributed by atoms with Crippen LogP contribution in [0, 0.1) is 0 Å². The summed E-state index contributed by atoms with van der Waals surface area (Å²) in [5, 5.41) is 5.41. The predicted molar refractivity (Wildman–Crippen MR) is 114 cm³/mol. The molecule has 0 radical (unpaired) electrons. The van der Waals surface area contributed by atoms with Gasteiger partial charge in [0.15, 0.2) is 0 Å². The first-order valence-corrected chi connectivity index (χ1v) is 9.78. The van der Waals surface area contributed by atoms with Crippen LogP contribution >= 0.6 is 46.6 Å². The Kier molecular flexibility index (Phi) is 6.80. The maximum Gasteiger partial charge on any atom is 0.271 e. The summed E-state index contributed by atoms with van der Waals surface area (Å²) in [6.45, 7) is 0. The zero-order valence-corrected chi connectivity index (χ0v) is 16.9. The third-order valence-electron chi connectivity index (χ3n) is 3.49. The molecule has 136 valence electrons. The van der Waals surface area contributed by atoms with Crippen LogP contribution in [0.4, 0.5) is 0 Å². The number of carbonyl (C=O) groups excluding carboxylic acids is 1. The predicted octanol–water partition coefficient (Wildman–Crippen LogP) is 6.56. The molecule has 0 aliphatic carbocycles. The second-order valence-electron chi connectivity index (χ2n) is 5.45. The molecule has 0 aromatic heterocycles. The van der Waals surface area contributed by atoms with Crippen LogP contribution in [0.3, 0.4) is 0 Å². The average Bonchev–Trinajstić information content (AvgIpc) is 2.67. The van der Waals surface area contributed by atoms with Gasteiger partial charge in [-0.1, -0.05) is 58.7 Å². The van der Waals surface area contributed by atoms with Crippen LogP contribution in [0.2, 0.25) is 15.1 Å². The van der Waals surface area contributed by atoms with E-state index >= 15 is 0 Å². The van der Waals surface area contributed by atoms with Gasteiger partial charge in [0.25, 0.3) is 5.91 Å². The van der Waals surface area contributed by atoms with Gasteiger partial charge in [-0.2, -0.15) is 5.10 Å². The Hall–Kier alpha value is -1.98. The maximum atomic E-state index is 12.0. The van der Waals surface area contributed by atoms with Crippen molar-refractivity contribution in [3.05, 3.63) is 92.9 Å². The first-order valence-electron chi connectivity index (χ1n) is 7.83. The van der Waals surface area contributed by atoms with E-state index in [0.29, 0.717) is 20.6 Å². The highest BCUT2D eigenvalue weighted by Gasteiger charge is 2.06. The maximum absolute atomic E-state index is 12.0. The quantitative estimate of drug-likeness (QED) is 0.364. The smallest absolute Gasteiger partial charge is 0.267 e. The SMILES string of the molecule is O=C(N/N=C\c1ccc(Sc2ccc(Cl)cc2)cc1)c1ccc(Cl)c(Cl)c1. The molecule has 0 unspecified atom stereocenters. The van der Waals surface area contributed by atoms with Crippen molar-refractivity contribution >= 4 is 58.7 Å². The van der Waals surface area contributed by atoms with Crippen molar-refractivity contribution in [2.45, 2.75) is 9.79 Å². The highest BCUT2D eigenvalue weighted by atomic mass is 35.5. The summed E-state index contributed by atoms with van der Waals surface area (Å²) in [5.74, 6) is -0.361. The summed E-state index contributed by atoms with van der Waals surface area (Å²) in [6.07, 6.45) is 1.58. The minimum absolute atomic E-state index is 0.321. The van der Waals surface area contributed by atoms with Gasteiger partial charge < -0.3 is 0 Å². The van der Waals surface area contributed by atoms with Gasteiger partial charge in [-0.05, 0) is 60.2 Å². The molecule has 1 N–H and O–H groups in total. The van der Waals surface area contributed by atoms with Crippen LogP contribution in [-0.2, 0) is 0 Å². The number of hydrogen-bond acceptors (Lipinski definition) is 3. The van der Waals surface area contributed by atoms with Crippen LogP contribution < -0.4 is 5.43 Å². The molecular formula is C20H13Cl3N2OS. The monoisotopic (exact) mass is 434 g/mol. The lowest BCUT2D eigenvalue weighted by atomic mass is 10.2. The summed E-state index contributed by atoms with van der Waals surface area (Å²) < 4.78 is 0. The van der Waals surface area contributed by atoms with Gasteiger partial charge in [-0.25, -0.2) is 5.43 Å². The van der Waals surface area contributed by atoms with E-state index in [0.717, 1.165) is 15.4 Å². The van der Waals surface area contributed by atoms with Crippen LogP contribution in [-0.4, -0.2) is 12.1 Å². The number of nitrogens with zero attached hydrogens (tertiary/aromatic N) is 1. The summed E-state index contributed by atoms with van der Waals surface area (Å²) in [6, 6.07) is 20.1. The Balaban J connectivity index is 1.58. The average molecular weight is 436 g/mol. The van der Waals surface area contributed by atoms with Gasteiger partial charge in [0, 0.05) is 20.4 Å². The van der Waals surface area contributed by atoms with Crippen LogP contribution in [0.5, 0.6) is 0 Å². The van der Waals surface area contributed by atoms with Gasteiger partial charge in [-0.15, -0.1) is 0 Å². The lowest BCUT2D eigenvalue weighted by Gasteiger charge is -2.03. The Labute approximate surface area is 176 Å². The molecule has 1 amide bonds. The molecule has 0 spiro atoms. The Morgan fingerprint density at radius 1 is 0.852 bits per heavy atom. The summed E-state index contributed by atoms with van der Waals surface area (Å²) in [5.41, 5.74) is 3.72. The van der Waals surface area contributed by atoms with E-state index in [9.17, 15) is 4.79 Å². The Morgan fingerprint density at radius 3 is 2.11 bits per heavy atom. The van der Waals surface area contributed by atoms with Gasteiger partial charge in [0.2, 0.25) is 0 Å². The van der Waals surface area contributed by atoms with Crippen molar-refractivity contribution in [1.82, 2.24) is 5.43 Å². The van der Waals surface area contributed by atoms with Crippen molar-refractivity contribution in [3.8, 4) is 0 Å².